The first-order valence-electron chi connectivity index (χ1n) is 9.58. The molecule has 0 aliphatic heterocycles. The van der Waals surface area contributed by atoms with E-state index in [1.165, 1.54) is 5.56 Å². The molecule has 0 unspecified atom stereocenters. The maximum absolute atomic E-state index is 12.5. The summed E-state index contributed by atoms with van der Waals surface area (Å²) < 4.78 is 1.64. The van der Waals surface area contributed by atoms with Crippen LogP contribution >= 0.6 is 24.0 Å². The van der Waals surface area contributed by atoms with Crippen molar-refractivity contribution in [3.63, 3.8) is 0 Å². The second-order valence-electron chi connectivity index (χ2n) is 7.47. The second kappa shape index (κ2) is 9.08. The van der Waals surface area contributed by atoms with Crippen LogP contribution in [0.4, 0.5) is 0 Å². The molecule has 152 valence electrons. The average Bonchev–Trinajstić information content (AvgIpc) is 2.75. The number of nitrogens with two attached hydrogens (primary N) is 1. The van der Waals surface area contributed by atoms with Crippen LogP contribution in [0.2, 0.25) is 5.02 Å². The molecule has 0 atom stereocenters. The van der Waals surface area contributed by atoms with Crippen molar-refractivity contribution in [2.45, 2.75) is 37.1 Å². The van der Waals surface area contributed by atoms with Gasteiger partial charge in [-0.25, -0.2) is 4.68 Å². The highest BCUT2D eigenvalue weighted by Crippen LogP contribution is 2.42. The van der Waals surface area contributed by atoms with Crippen molar-refractivity contribution in [1.82, 2.24) is 14.8 Å². The van der Waals surface area contributed by atoms with Gasteiger partial charge >= 0.3 is 0 Å². The van der Waals surface area contributed by atoms with E-state index in [9.17, 15) is 4.79 Å². The van der Waals surface area contributed by atoms with E-state index >= 15 is 0 Å². The lowest BCUT2D eigenvalue weighted by Crippen LogP contribution is -2.41. The average molecular weight is 431 g/mol. The van der Waals surface area contributed by atoms with Crippen molar-refractivity contribution in [1.29, 1.82) is 0 Å². The van der Waals surface area contributed by atoms with Crippen LogP contribution in [0.25, 0.3) is 11.3 Å². The third kappa shape index (κ3) is 4.37. The Morgan fingerprint density at radius 2 is 1.93 bits per heavy atom. The van der Waals surface area contributed by atoms with E-state index in [4.69, 9.17) is 17.3 Å². The van der Waals surface area contributed by atoms with Crippen LogP contribution in [0.3, 0.4) is 0 Å². The van der Waals surface area contributed by atoms with E-state index in [1.54, 1.807) is 29.2 Å². The van der Waals surface area contributed by atoms with Crippen LogP contribution in [-0.4, -0.2) is 21.3 Å². The number of hydrogen-bond acceptors (Lipinski definition) is 4. The third-order valence-electron chi connectivity index (χ3n) is 5.87. The van der Waals surface area contributed by atoms with Crippen molar-refractivity contribution in [3.8, 4) is 11.3 Å². The summed E-state index contributed by atoms with van der Waals surface area (Å²) in [7, 11) is 0. The van der Waals surface area contributed by atoms with Crippen molar-refractivity contribution in [2.24, 2.45) is 5.73 Å². The van der Waals surface area contributed by atoms with Crippen molar-refractivity contribution >= 4 is 24.0 Å². The predicted octanol–water partition coefficient (Wildman–Crippen LogP) is 4.39. The fourth-order valence-corrected chi connectivity index (χ4v) is 4.37. The summed E-state index contributed by atoms with van der Waals surface area (Å²) in [4.78, 5) is 16.6. The Balaban J connectivity index is 0.00000240. The molecular weight excluding hydrogens is 407 g/mol. The minimum absolute atomic E-state index is 0. The second-order valence-corrected chi connectivity index (χ2v) is 7.91. The molecule has 7 heteroatoms. The van der Waals surface area contributed by atoms with E-state index in [2.05, 4.69) is 16.1 Å². The number of halogens is 2. The number of aromatic nitrogens is 3. The quantitative estimate of drug-likeness (QED) is 0.665. The van der Waals surface area contributed by atoms with Gasteiger partial charge in [-0.05, 0) is 61.6 Å². The lowest BCUT2D eigenvalue weighted by Gasteiger charge is -2.40. The number of benzene rings is 1. The Bertz CT molecular complexity index is 1010. The topological polar surface area (TPSA) is 73.8 Å². The minimum Gasteiger partial charge on any atom is -0.330 e. The monoisotopic (exact) mass is 430 g/mol. The maximum atomic E-state index is 12.5. The zero-order valence-corrected chi connectivity index (χ0v) is 17.6. The summed E-state index contributed by atoms with van der Waals surface area (Å²) in [6.07, 6.45) is 7.00. The summed E-state index contributed by atoms with van der Waals surface area (Å²) in [5, 5.41) is 5.37. The molecule has 0 amide bonds. The SMILES string of the molecule is Cl.NC[C@]1(c2cccc(Cl)c2)CC[C@@H](n2nc(-c3cccnc3)ccc2=O)CC1. The van der Waals surface area contributed by atoms with Gasteiger partial charge in [0.05, 0.1) is 11.7 Å². The standard InChI is InChI=1S/C22H23ClN4O.ClH/c23-18-5-1-4-17(13-18)22(15-24)10-8-19(9-11-22)27-21(28)7-6-20(26-27)16-3-2-12-25-14-16;/h1-7,12-14,19H,8-11,15,24H2;1H/t19-,22+;. The lowest BCUT2D eigenvalue weighted by molar-refractivity contribution is 0.222. The van der Waals surface area contributed by atoms with E-state index in [1.807, 2.05) is 30.3 Å². The minimum atomic E-state index is -0.0913. The summed E-state index contributed by atoms with van der Waals surface area (Å²) in [5.41, 5.74) is 8.89. The highest BCUT2D eigenvalue weighted by Gasteiger charge is 2.37. The fraction of sp³-hybridized carbons (Fsp3) is 0.318. The molecule has 1 saturated carbocycles. The molecule has 2 aromatic heterocycles. The summed E-state index contributed by atoms with van der Waals surface area (Å²) >= 11 is 6.20. The van der Waals surface area contributed by atoms with Crippen LogP contribution < -0.4 is 11.3 Å². The van der Waals surface area contributed by atoms with Gasteiger partial charge in [0, 0.05) is 41.0 Å². The van der Waals surface area contributed by atoms with E-state index in [0.29, 0.717) is 6.54 Å². The van der Waals surface area contributed by atoms with E-state index in [0.717, 1.165) is 42.0 Å². The van der Waals surface area contributed by atoms with Gasteiger partial charge in [0.1, 0.15) is 0 Å². The number of hydrogen-bond donors (Lipinski definition) is 1. The summed E-state index contributed by atoms with van der Waals surface area (Å²) in [6, 6.07) is 15.2. The van der Waals surface area contributed by atoms with E-state index < -0.39 is 0 Å². The number of pyridine rings is 1. The highest BCUT2D eigenvalue weighted by atomic mass is 35.5. The van der Waals surface area contributed by atoms with Gasteiger partial charge in [-0.1, -0.05) is 23.7 Å². The van der Waals surface area contributed by atoms with Gasteiger partial charge in [0.25, 0.3) is 5.56 Å². The fourth-order valence-electron chi connectivity index (χ4n) is 4.18. The molecule has 1 fully saturated rings. The van der Waals surface area contributed by atoms with Gasteiger partial charge in [0.15, 0.2) is 0 Å². The van der Waals surface area contributed by atoms with Crippen molar-refractivity contribution < 1.29 is 0 Å². The summed E-state index contributed by atoms with van der Waals surface area (Å²) in [6.45, 7) is 0.568. The zero-order valence-electron chi connectivity index (χ0n) is 16.0. The molecule has 0 saturated heterocycles. The molecule has 1 aromatic carbocycles. The van der Waals surface area contributed by atoms with Gasteiger partial charge in [-0.3, -0.25) is 9.78 Å². The molecular formula is C22H24Cl2N4O. The molecule has 3 aromatic rings. The molecule has 4 rings (SSSR count). The smallest absolute Gasteiger partial charge is 0.267 e. The predicted molar refractivity (Wildman–Crippen MR) is 119 cm³/mol. The number of rotatable bonds is 4. The Labute approximate surface area is 181 Å². The van der Waals surface area contributed by atoms with Gasteiger partial charge in [-0.15, -0.1) is 12.4 Å². The third-order valence-corrected chi connectivity index (χ3v) is 6.10. The first-order chi connectivity index (χ1) is 13.6. The van der Waals surface area contributed by atoms with Crippen LogP contribution in [-0.2, 0) is 5.41 Å². The molecule has 1 aliphatic carbocycles. The summed E-state index contributed by atoms with van der Waals surface area (Å²) in [5.74, 6) is 0. The van der Waals surface area contributed by atoms with Crippen LogP contribution in [0.15, 0.2) is 65.7 Å². The van der Waals surface area contributed by atoms with Gasteiger partial charge < -0.3 is 5.73 Å². The molecule has 0 bridgehead atoms. The molecule has 1 aliphatic rings. The zero-order chi connectivity index (χ0) is 19.6. The Kier molecular flexibility index (Phi) is 6.73. The Morgan fingerprint density at radius 3 is 2.59 bits per heavy atom. The van der Waals surface area contributed by atoms with Gasteiger partial charge in [-0.2, -0.15) is 5.10 Å². The van der Waals surface area contributed by atoms with Crippen LogP contribution in [0.1, 0.15) is 37.3 Å². The van der Waals surface area contributed by atoms with Crippen LogP contribution in [0, 0.1) is 0 Å². The molecule has 0 radical (unpaired) electrons. The maximum Gasteiger partial charge on any atom is 0.267 e. The Morgan fingerprint density at radius 1 is 1.14 bits per heavy atom. The van der Waals surface area contributed by atoms with Crippen molar-refractivity contribution in [3.05, 3.63) is 81.9 Å². The normalized spacial score (nSPS) is 21.4. The van der Waals surface area contributed by atoms with Crippen LogP contribution in [0.5, 0.6) is 0 Å². The molecule has 2 heterocycles. The van der Waals surface area contributed by atoms with Crippen molar-refractivity contribution in [2.75, 3.05) is 6.54 Å². The molecule has 29 heavy (non-hydrogen) atoms. The lowest BCUT2D eigenvalue weighted by atomic mass is 9.68. The largest absolute Gasteiger partial charge is 0.330 e. The molecule has 5 nitrogen and oxygen atoms in total. The highest BCUT2D eigenvalue weighted by molar-refractivity contribution is 6.30. The Hall–Kier alpha value is -2.21. The molecule has 2 N–H and O–H groups in total. The first-order valence-corrected chi connectivity index (χ1v) is 9.95. The van der Waals surface area contributed by atoms with Gasteiger partial charge in [0.2, 0.25) is 0 Å². The van der Waals surface area contributed by atoms with E-state index in [-0.39, 0.29) is 29.4 Å². The molecule has 0 spiro atoms. The number of nitrogens with zero attached hydrogens (tertiary/aromatic N) is 3. The first kappa shape index (κ1) is 21.5.